The highest BCUT2D eigenvalue weighted by molar-refractivity contribution is 7.90. The number of ether oxygens (including phenoxy) is 2. The molecule has 6 rings (SSSR count). The van der Waals surface area contributed by atoms with Gasteiger partial charge in [-0.3, -0.25) is 14.5 Å². The number of nitrogens with zero attached hydrogens (tertiary/aromatic N) is 4. The number of rotatable bonds is 9. The largest absolute Gasteiger partial charge is 0.475 e. The van der Waals surface area contributed by atoms with E-state index >= 15 is 4.39 Å². The molecule has 3 aliphatic rings. The summed E-state index contributed by atoms with van der Waals surface area (Å²) in [5.74, 6) is -0.404. The SMILES string of the molecule is CC(C)NCCOc1ncc(-c2cc3c4c(cnc3cc2F)N(C)C(=O)C42CCC2)cc1NS(=O)(=O)N1CCOCC1. The van der Waals surface area contributed by atoms with Crippen molar-refractivity contribution >= 4 is 38.4 Å². The van der Waals surface area contributed by atoms with Crippen molar-refractivity contribution in [2.24, 2.45) is 0 Å². The second-order valence-electron chi connectivity index (χ2n) is 11.3. The zero-order valence-electron chi connectivity index (χ0n) is 23.9. The van der Waals surface area contributed by atoms with Gasteiger partial charge in [-0.05, 0) is 25.0 Å². The first-order chi connectivity index (χ1) is 20.1. The molecule has 1 spiro atoms. The summed E-state index contributed by atoms with van der Waals surface area (Å²) in [5, 5.41) is 3.95. The Morgan fingerprint density at radius 3 is 2.60 bits per heavy atom. The van der Waals surface area contributed by atoms with E-state index in [9.17, 15) is 13.2 Å². The van der Waals surface area contributed by atoms with Crippen LogP contribution in [0.5, 0.6) is 5.88 Å². The summed E-state index contributed by atoms with van der Waals surface area (Å²) in [6, 6.07) is 4.85. The van der Waals surface area contributed by atoms with Gasteiger partial charge >= 0.3 is 10.2 Å². The average molecular weight is 599 g/mol. The molecule has 2 aromatic heterocycles. The molecule has 2 fully saturated rings. The van der Waals surface area contributed by atoms with Crippen LogP contribution in [0.3, 0.4) is 0 Å². The Kier molecular flexibility index (Phi) is 7.54. The van der Waals surface area contributed by atoms with Gasteiger partial charge in [-0.2, -0.15) is 12.7 Å². The van der Waals surface area contributed by atoms with Crippen LogP contribution in [0.4, 0.5) is 15.8 Å². The number of fused-ring (bicyclic) bond motifs is 4. The predicted molar refractivity (Wildman–Crippen MR) is 157 cm³/mol. The first-order valence-electron chi connectivity index (χ1n) is 14.2. The van der Waals surface area contributed by atoms with Crippen LogP contribution in [0.1, 0.15) is 38.7 Å². The number of amides is 1. The Balaban J connectivity index is 1.41. The molecule has 1 saturated heterocycles. The highest BCUT2D eigenvalue weighted by atomic mass is 32.2. The van der Waals surface area contributed by atoms with Gasteiger partial charge in [-0.1, -0.05) is 20.3 Å². The Morgan fingerprint density at radius 1 is 1.14 bits per heavy atom. The van der Waals surface area contributed by atoms with Crippen LogP contribution >= 0.6 is 0 Å². The first kappa shape index (κ1) is 28.7. The molecule has 2 N–H and O–H groups in total. The number of hydrogen-bond donors (Lipinski definition) is 2. The third-order valence-corrected chi connectivity index (χ3v) is 9.83. The number of hydrogen-bond acceptors (Lipinski definition) is 8. The lowest BCUT2D eigenvalue weighted by molar-refractivity contribution is -0.125. The van der Waals surface area contributed by atoms with E-state index in [4.69, 9.17) is 9.47 Å². The smallest absolute Gasteiger partial charge is 0.301 e. The van der Waals surface area contributed by atoms with Crippen molar-refractivity contribution in [3.05, 3.63) is 42.0 Å². The molecule has 1 amide bonds. The normalized spacial score (nSPS) is 18.5. The van der Waals surface area contributed by atoms with E-state index in [1.165, 1.54) is 22.6 Å². The Bertz CT molecular complexity index is 1640. The van der Waals surface area contributed by atoms with Gasteiger partial charge in [0, 0.05) is 67.1 Å². The lowest BCUT2D eigenvalue weighted by Crippen LogP contribution is -2.43. The maximum atomic E-state index is 15.6. The van der Waals surface area contributed by atoms with Crippen LogP contribution in [0.2, 0.25) is 0 Å². The highest BCUT2D eigenvalue weighted by Gasteiger charge is 2.54. The van der Waals surface area contributed by atoms with E-state index in [1.54, 1.807) is 24.2 Å². The highest BCUT2D eigenvalue weighted by Crippen LogP contribution is 2.55. The average Bonchev–Trinajstić information content (AvgIpc) is 3.18. The van der Waals surface area contributed by atoms with Crippen LogP contribution in [-0.2, 0) is 25.2 Å². The van der Waals surface area contributed by atoms with E-state index in [2.05, 4.69) is 20.0 Å². The number of benzene rings is 1. The summed E-state index contributed by atoms with van der Waals surface area (Å²) in [4.78, 5) is 23.8. The monoisotopic (exact) mass is 598 g/mol. The van der Waals surface area contributed by atoms with Crippen LogP contribution in [0.25, 0.3) is 22.0 Å². The van der Waals surface area contributed by atoms with Crippen molar-refractivity contribution < 1.29 is 27.1 Å². The maximum absolute atomic E-state index is 15.6. The van der Waals surface area contributed by atoms with E-state index in [0.717, 1.165) is 30.5 Å². The maximum Gasteiger partial charge on any atom is 0.301 e. The van der Waals surface area contributed by atoms with Gasteiger partial charge in [0.25, 0.3) is 0 Å². The summed E-state index contributed by atoms with van der Waals surface area (Å²) < 4.78 is 57.2. The number of likely N-dealkylation sites (N-methyl/N-ethyl adjacent to an activating group) is 1. The molecule has 0 radical (unpaired) electrons. The fraction of sp³-hybridized carbons (Fsp3) is 0.483. The van der Waals surface area contributed by atoms with E-state index in [0.29, 0.717) is 36.2 Å². The van der Waals surface area contributed by atoms with E-state index in [-0.39, 0.29) is 48.8 Å². The molecule has 42 heavy (non-hydrogen) atoms. The molecule has 4 heterocycles. The Morgan fingerprint density at radius 2 is 1.90 bits per heavy atom. The van der Waals surface area contributed by atoms with Crippen molar-refractivity contribution in [1.29, 1.82) is 0 Å². The fourth-order valence-electron chi connectivity index (χ4n) is 5.99. The molecule has 1 saturated carbocycles. The summed E-state index contributed by atoms with van der Waals surface area (Å²) in [6.07, 6.45) is 5.53. The molecule has 3 aromatic rings. The number of aromatic nitrogens is 2. The van der Waals surface area contributed by atoms with Gasteiger partial charge in [0.2, 0.25) is 11.8 Å². The molecule has 224 valence electrons. The minimum atomic E-state index is -3.96. The quantitative estimate of drug-likeness (QED) is 0.360. The van der Waals surface area contributed by atoms with Gasteiger partial charge in [0.1, 0.15) is 18.1 Å². The van der Waals surface area contributed by atoms with Crippen molar-refractivity contribution in [2.75, 3.05) is 56.1 Å². The summed E-state index contributed by atoms with van der Waals surface area (Å²) in [7, 11) is -2.21. The van der Waals surface area contributed by atoms with E-state index in [1.807, 2.05) is 13.8 Å². The van der Waals surface area contributed by atoms with E-state index < -0.39 is 21.4 Å². The summed E-state index contributed by atoms with van der Waals surface area (Å²) in [5.41, 5.74) is 2.15. The lowest BCUT2D eigenvalue weighted by Gasteiger charge is -2.37. The molecular weight excluding hydrogens is 563 g/mol. The van der Waals surface area contributed by atoms with Crippen molar-refractivity contribution in [2.45, 2.75) is 44.6 Å². The van der Waals surface area contributed by atoms with Gasteiger partial charge in [0.05, 0.1) is 36.0 Å². The zero-order chi connectivity index (χ0) is 29.6. The molecular formula is C29H35FN6O5S. The van der Waals surface area contributed by atoms with Crippen LogP contribution in [0.15, 0.2) is 30.6 Å². The number of pyridine rings is 2. The molecule has 1 aliphatic carbocycles. The number of morpholine rings is 1. The lowest BCUT2D eigenvalue weighted by atomic mass is 9.64. The number of anilines is 2. The fourth-order valence-corrected chi connectivity index (χ4v) is 7.17. The van der Waals surface area contributed by atoms with Gasteiger partial charge in [0.15, 0.2) is 0 Å². The number of carbonyl (C=O) groups is 1. The number of halogens is 1. The number of nitrogens with one attached hydrogen (secondary N) is 2. The molecule has 11 nitrogen and oxygen atoms in total. The predicted octanol–water partition coefficient (Wildman–Crippen LogP) is 3.20. The first-order valence-corrected chi connectivity index (χ1v) is 15.7. The van der Waals surface area contributed by atoms with Gasteiger partial charge in [-0.25, -0.2) is 9.37 Å². The van der Waals surface area contributed by atoms with Crippen LogP contribution in [-0.4, -0.2) is 81.1 Å². The van der Waals surface area contributed by atoms with Gasteiger partial charge < -0.3 is 19.7 Å². The Hall–Kier alpha value is -3.39. The summed E-state index contributed by atoms with van der Waals surface area (Å²) >= 11 is 0. The second kappa shape index (κ2) is 11.0. The molecule has 0 bridgehead atoms. The molecule has 13 heteroatoms. The molecule has 0 unspecified atom stereocenters. The Labute approximate surface area is 244 Å². The van der Waals surface area contributed by atoms with Crippen molar-refractivity contribution in [1.82, 2.24) is 19.6 Å². The molecule has 1 aromatic carbocycles. The van der Waals surface area contributed by atoms with Crippen LogP contribution < -0.4 is 19.7 Å². The standard InChI is InChI=1S/C29H35FN6O5S/c1-18(2)31-7-10-41-27-24(34-42(38,39)36-8-11-40-12-9-36)13-19(16-33-27)20-14-21-23(15-22(20)30)32-17-25-26(21)29(5-4-6-29)28(37)35(25)3/h13-18,31,34H,4-12H2,1-3H3. The molecule has 0 atom stereocenters. The van der Waals surface area contributed by atoms with Gasteiger partial charge in [-0.15, -0.1) is 0 Å². The van der Waals surface area contributed by atoms with Crippen molar-refractivity contribution in [3.8, 4) is 17.0 Å². The topological polar surface area (TPSA) is 126 Å². The summed E-state index contributed by atoms with van der Waals surface area (Å²) in [6.45, 7) is 5.82. The molecule has 2 aliphatic heterocycles. The minimum absolute atomic E-state index is 0.0406. The number of carbonyl (C=O) groups excluding carboxylic acids is 1. The second-order valence-corrected chi connectivity index (χ2v) is 13.0. The third kappa shape index (κ3) is 4.97. The third-order valence-electron chi connectivity index (χ3n) is 8.30. The van der Waals surface area contributed by atoms with Crippen molar-refractivity contribution in [3.63, 3.8) is 0 Å². The minimum Gasteiger partial charge on any atom is -0.475 e. The zero-order valence-corrected chi connectivity index (χ0v) is 24.8. The van der Waals surface area contributed by atoms with Crippen LogP contribution in [0, 0.1) is 5.82 Å².